The first-order valence-electron chi connectivity index (χ1n) is 7.47. The molecule has 0 bridgehead atoms. The van der Waals surface area contributed by atoms with Crippen molar-refractivity contribution in [2.45, 2.75) is 43.4 Å². The fourth-order valence-corrected chi connectivity index (χ4v) is 5.04. The van der Waals surface area contributed by atoms with Crippen molar-refractivity contribution in [3.63, 3.8) is 0 Å². The Morgan fingerprint density at radius 3 is 2.83 bits per heavy atom. The van der Waals surface area contributed by atoms with Crippen molar-refractivity contribution in [3.8, 4) is 0 Å². The van der Waals surface area contributed by atoms with Gasteiger partial charge in [0.15, 0.2) is 0 Å². The molecule has 3 amide bonds. The number of nitrogens with zero attached hydrogens (tertiary/aromatic N) is 2. The molecule has 1 atom stereocenters. The van der Waals surface area contributed by atoms with Gasteiger partial charge in [0.2, 0.25) is 5.91 Å². The minimum Gasteiger partial charge on any atom is -0.341 e. The first-order valence-corrected chi connectivity index (χ1v) is 9.17. The maximum Gasteiger partial charge on any atom is 0.321 e. The molecule has 0 aromatic carbocycles. The second-order valence-electron chi connectivity index (χ2n) is 5.44. The van der Waals surface area contributed by atoms with Gasteiger partial charge < -0.3 is 5.32 Å². The highest BCUT2D eigenvalue weighted by molar-refractivity contribution is 8.00. The molecule has 8 heteroatoms. The molecule has 122 valence electrons. The third-order valence-electron chi connectivity index (χ3n) is 3.76. The molecule has 3 rings (SSSR count). The number of urea groups is 1. The van der Waals surface area contributed by atoms with Gasteiger partial charge in [0.05, 0.1) is 5.25 Å². The number of imide groups is 1. The predicted molar refractivity (Wildman–Crippen MR) is 92.1 cm³/mol. The average Bonchev–Trinajstić information content (AvgIpc) is 3.06. The normalized spacial score (nSPS) is 14.6. The van der Waals surface area contributed by atoms with E-state index in [0.29, 0.717) is 5.82 Å². The number of hydrogen-bond donors (Lipinski definition) is 2. The number of amides is 3. The quantitative estimate of drug-likeness (QED) is 0.656. The summed E-state index contributed by atoms with van der Waals surface area (Å²) in [5.74, 6) is 0.379. The van der Waals surface area contributed by atoms with E-state index in [1.54, 1.807) is 18.3 Å². The summed E-state index contributed by atoms with van der Waals surface area (Å²) in [6, 6.07) is -0.497. The highest BCUT2D eigenvalue weighted by atomic mass is 32.2. The molecule has 2 heterocycles. The van der Waals surface area contributed by atoms with Crippen molar-refractivity contribution in [2.24, 2.45) is 0 Å². The zero-order chi connectivity index (χ0) is 16.6. The lowest BCUT2D eigenvalue weighted by Crippen LogP contribution is -2.41. The zero-order valence-electron chi connectivity index (χ0n) is 13.2. The Morgan fingerprint density at radius 1 is 1.30 bits per heavy atom. The van der Waals surface area contributed by atoms with Crippen LogP contribution in [0.2, 0.25) is 0 Å². The van der Waals surface area contributed by atoms with Crippen molar-refractivity contribution in [1.82, 2.24) is 20.6 Å². The summed E-state index contributed by atoms with van der Waals surface area (Å²) in [5.41, 5.74) is 1.34. The smallest absolute Gasteiger partial charge is 0.321 e. The molecule has 2 N–H and O–H groups in total. The van der Waals surface area contributed by atoms with Gasteiger partial charge in [-0.2, -0.15) is 0 Å². The Bertz CT molecular complexity index is 787. The van der Waals surface area contributed by atoms with Crippen LogP contribution >= 0.6 is 23.1 Å². The van der Waals surface area contributed by atoms with Crippen LogP contribution < -0.4 is 10.6 Å². The van der Waals surface area contributed by atoms with Crippen LogP contribution in [-0.4, -0.2) is 34.2 Å². The monoisotopic (exact) mass is 350 g/mol. The molecule has 0 aliphatic heterocycles. The first kappa shape index (κ1) is 16.2. The van der Waals surface area contributed by atoms with Crippen LogP contribution in [0.3, 0.4) is 0 Å². The topological polar surface area (TPSA) is 84.0 Å². The number of thioether (sulfide) groups is 1. The SMILES string of the molecule is CNC(=O)NC(=O)[C@@H](C)Sc1nc(C)nc2sc3c(c12)CCC3. The van der Waals surface area contributed by atoms with Gasteiger partial charge in [0.1, 0.15) is 15.7 Å². The van der Waals surface area contributed by atoms with Crippen molar-refractivity contribution in [2.75, 3.05) is 7.05 Å². The molecule has 2 aromatic rings. The molecule has 6 nitrogen and oxygen atoms in total. The second kappa shape index (κ2) is 6.45. The fourth-order valence-electron chi connectivity index (χ4n) is 2.65. The van der Waals surface area contributed by atoms with E-state index in [9.17, 15) is 9.59 Å². The van der Waals surface area contributed by atoms with Crippen molar-refractivity contribution in [1.29, 1.82) is 0 Å². The van der Waals surface area contributed by atoms with E-state index in [0.717, 1.165) is 28.1 Å². The molecule has 0 radical (unpaired) electrons. The molecule has 1 aliphatic carbocycles. The van der Waals surface area contributed by atoms with Gasteiger partial charge in [0.25, 0.3) is 0 Å². The second-order valence-corrected chi connectivity index (χ2v) is 7.86. The molecule has 2 aromatic heterocycles. The molecular formula is C15H18N4O2S2. The van der Waals surface area contributed by atoms with Crippen LogP contribution in [0.5, 0.6) is 0 Å². The van der Waals surface area contributed by atoms with Crippen LogP contribution in [0, 0.1) is 6.92 Å². The molecule has 23 heavy (non-hydrogen) atoms. The largest absolute Gasteiger partial charge is 0.341 e. The molecular weight excluding hydrogens is 332 g/mol. The Balaban J connectivity index is 1.90. The number of nitrogens with one attached hydrogen (secondary N) is 2. The van der Waals surface area contributed by atoms with E-state index in [1.165, 1.54) is 35.7 Å². The maximum absolute atomic E-state index is 12.1. The van der Waals surface area contributed by atoms with Crippen LogP contribution in [-0.2, 0) is 17.6 Å². The number of aryl methyl sites for hydroxylation is 3. The summed E-state index contributed by atoms with van der Waals surface area (Å²) in [6.07, 6.45) is 3.32. The zero-order valence-corrected chi connectivity index (χ0v) is 14.9. The van der Waals surface area contributed by atoms with Crippen LogP contribution in [0.25, 0.3) is 10.2 Å². The number of hydrogen-bond acceptors (Lipinski definition) is 6. The lowest BCUT2D eigenvalue weighted by molar-refractivity contribution is -0.119. The first-order chi connectivity index (χ1) is 11.0. The highest BCUT2D eigenvalue weighted by Gasteiger charge is 2.24. The lowest BCUT2D eigenvalue weighted by atomic mass is 10.2. The van der Waals surface area contributed by atoms with Crippen LogP contribution in [0.4, 0.5) is 4.79 Å². The summed E-state index contributed by atoms with van der Waals surface area (Å²) in [7, 11) is 1.48. The third-order valence-corrected chi connectivity index (χ3v) is 6.04. The van der Waals surface area contributed by atoms with Gasteiger partial charge in [-0.15, -0.1) is 11.3 Å². The molecule has 1 aliphatic rings. The Morgan fingerprint density at radius 2 is 2.09 bits per heavy atom. The van der Waals surface area contributed by atoms with Gasteiger partial charge in [-0.05, 0) is 38.7 Å². The van der Waals surface area contributed by atoms with Crippen LogP contribution in [0.1, 0.15) is 29.6 Å². The van der Waals surface area contributed by atoms with E-state index in [2.05, 4.69) is 20.6 Å². The van der Waals surface area contributed by atoms with E-state index >= 15 is 0 Å². The number of carbonyl (C=O) groups excluding carboxylic acids is 2. The third kappa shape index (κ3) is 3.18. The number of fused-ring (bicyclic) bond motifs is 3. The predicted octanol–water partition coefficient (Wildman–Crippen LogP) is 2.42. The van der Waals surface area contributed by atoms with E-state index < -0.39 is 11.3 Å². The van der Waals surface area contributed by atoms with Gasteiger partial charge in [0, 0.05) is 17.3 Å². The number of thiophene rings is 1. The van der Waals surface area contributed by atoms with Gasteiger partial charge in [-0.25, -0.2) is 14.8 Å². The van der Waals surface area contributed by atoms with Crippen molar-refractivity contribution in [3.05, 3.63) is 16.3 Å². The minimum atomic E-state index is -0.497. The number of aromatic nitrogens is 2. The number of rotatable bonds is 3. The summed E-state index contributed by atoms with van der Waals surface area (Å²) >= 11 is 3.12. The van der Waals surface area contributed by atoms with E-state index in [1.807, 2.05) is 6.92 Å². The molecule has 0 spiro atoms. The average molecular weight is 350 g/mol. The Kier molecular flexibility index (Phi) is 4.54. The summed E-state index contributed by atoms with van der Waals surface area (Å²) in [4.78, 5) is 34.8. The van der Waals surface area contributed by atoms with Crippen molar-refractivity contribution >= 4 is 45.3 Å². The fraction of sp³-hybridized carbons (Fsp3) is 0.467. The van der Waals surface area contributed by atoms with E-state index in [4.69, 9.17) is 0 Å². The van der Waals surface area contributed by atoms with Gasteiger partial charge in [-0.1, -0.05) is 11.8 Å². The standard InChI is InChI=1S/C15H18N4O2S2/c1-7(12(20)19-15(21)16-3)22-13-11-9-5-4-6-10(9)23-14(11)18-8(2)17-13/h7H,4-6H2,1-3H3,(H2,16,19,20,21)/t7-/m1/s1. The summed E-state index contributed by atoms with van der Waals surface area (Å²) in [6.45, 7) is 3.64. The van der Waals surface area contributed by atoms with Gasteiger partial charge >= 0.3 is 6.03 Å². The summed E-state index contributed by atoms with van der Waals surface area (Å²) < 4.78 is 0. The molecule has 0 unspecified atom stereocenters. The molecule has 0 saturated heterocycles. The van der Waals surface area contributed by atoms with Crippen LogP contribution in [0.15, 0.2) is 5.03 Å². The summed E-state index contributed by atoms with van der Waals surface area (Å²) in [5, 5.41) is 6.21. The Labute approximate surface area is 142 Å². The Hall–Kier alpha value is -1.67. The maximum atomic E-state index is 12.1. The van der Waals surface area contributed by atoms with Crippen molar-refractivity contribution < 1.29 is 9.59 Å². The van der Waals surface area contributed by atoms with E-state index in [-0.39, 0.29) is 5.91 Å². The van der Waals surface area contributed by atoms with Gasteiger partial charge in [-0.3, -0.25) is 10.1 Å². The molecule has 0 saturated carbocycles. The molecule has 0 fully saturated rings. The lowest BCUT2D eigenvalue weighted by Gasteiger charge is -2.12. The highest BCUT2D eigenvalue weighted by Crippen LogP contribution is 2.41. The number of carbonyl (C=O) groups is 2. The minimum absolute atomic E-state index is 0.328.